The molecule has 1 aliphatic rings. The van der Waals surface area contributed by atoms with Crippen molar-refractivity contribution in [1.29, 1.82) is 0 Å². The summed E-state index contributed by atoms with van der Waals surface area (Å²) >= 11 is 0. The van der Waals surface area contributed by atoms with Crippen LogP contribution in [0.2, 0.25) is 0 Å². The Kier molecular flexibility index (Phi) is 6.21. The number of aliphatic hydroxyl groups is 1. The van der Waals surface area contributed by atoms with E-state index in [1.165, 1.54) is 19.0 Å². The van der Waals surface area contributed by atoms with Gasteiger partial charge in [0.15, 0.2) is 0 Å². The first-order valence-corrected chi connectivity index (χ1v) is 9.57. The van der Waals surface area contributed by atoms with Crippen molar-refractivity contribution in [3.63, 3.8) is 0 Å². The molecule has 1 saturated heterocycles. The van der Waals surface area contributed by atoms with Gasteiger partial charge in [-0.3, -0.25) is 4.79 Å². The summed E-state index contributed by atoms with van der Waals surface area (Å²) in [7, 11) is -0.547. The van der Waals surface area contributed by atoms with Crippen molar-refractivity contribution in [1.82, 2.24) is 9.21 Å². The summed E-state index contributed by atoms with van der Waals surface area (Å²) in [6, 6.07) is 6.84. The van der Waals surface area contributed by atoms with Crippen molar-refractivity contribution in [3.8, 4) is 5.75 Å². The molecule has 1 aliphatic heterocycles. The third-order valence-electron chi connectivity index (χ3n) is 4.15. The van der Waals surface area contributed by atoms with Crippen molar-refractivity contribution >= 4 is 15.9 Å². The van der Waals surface area contributed by atoms with Crippen LogP contribution in [0.4, 0.5) is 0 Å². The predicted octanol–water partition coefficient (Wildman–Crippen LogP) is 0.576. The number of sulfonamides is 1. The highest BCUT2D eigenvalue weighted by atomic mass is 32.2. The monoisotopic (exact) mass is 368 g/mol. The maximum absolute atomic E-state index is 12.8. The van der Waals surface area contributed by atoms with E-state index >= 15 is 0 Å². The number of aliphatic hydroxyl groups excluding tert-OH is 1. The van der Waals surface area contributed by atoms with Gasteiger partial charge in [-0.15, -0.1) is 0 Å². The minimum atomic E-state index is -3.45. The number of carbonyl (C=O) groups excluding carboxylic acids is 1. The van der Waals surface area contributed by atoms with E-state index in [1.54, 1.807) is 30.3 Å². The summed E-state index contributed by atoms with van der Waals surface area (Å²) in [6.45, 7) is 4.14. The van der Waals surface area contributed by atoms with Gasteiger partial charge in [0, 0.05) is 33.1 Å². The average Bonchev–Trinajstić information content (AvgIpc) is 2.92. The van der Waals surface area contributed by atoms with Gasteiger partial charge in [0.25, 0.3) is 5.91 Å². The van der Waals surface area contributed by atoms with Gasteiger partial charge in [0.1, 0.15) is 12.4 Å². The highest BCUT2D eigenvalue weighted by Gasteiger charge is 2.38. The van der Waals surface area contributed by atoms with E-state index in [0.717, 1.165) is 4.31 Å². The van der Waals surface area contributed by atoms with Gasteiger partial charge in [-0.25, -0.2) is 12.7 Å². The molecule has 1 N–H and O–H groups in total. The summed E-state index contributed by atoms with van der Waals surface area (Å²) in [6.07, 6.45) is 0.711. The molecule has 0 saturated carbocycles. The minimum Gasteiger partial charge on any atom is -0.489 e. The normalized spacial score (nSPS) is 20.7. The van der Waals surface area contributed by atoms with Crippen LogP contribution in [0.1, 0.15) is 10.4 Å². The molecule has 0 aromatic heterocycles. The van der Waals surface area contributed by atoms with Crippen LogP contribution in [0, 0.1) is 5.92 Å². The molecule has 0 aliphatic carbocycles. The van der Waals surface area contributed by atoms with Crippen molar-refractivity contribution < 1.29 is 23.1 Å². The van der Waals surface area contributed by atoms with Crippen LogP contribution in [0.5, 0.6) is 5.75 Å². The fourth-order valence-electron chi connectivity index (χ4n) is 2.69. The Morgan fingerprint density at radius 1 is 1.40 bits per heavy atom. The summed E-state index contributed by atoms with van der Waals surface area (Å²) in [5.74, 6) is -0.563. The number of hydrogen-bond donors (Lipinski definition) is 1. The minimum absolute atomic E-state index is 0.0994. The van der Waals surface area contributed by atoms with E-state index in [4.69, 9.17) is 4.74 Å². The van der Waals surface area contributed by atoms with Crippen LogP contribution in [0.15, 0.2) is 36.9 Å². The van der Waals surface area contributed by atoms with E-state index in [0.29, 0.717) is 11.3 Å². The lowest BCUT2D eigenvalue weighted by Gasteiger charge is -2.19. The van der Waals surface area contributed by atoms with Crippen LogP contribution in [0.25, 0.3) is 0 Å². The average molecular weight is 368 g/mol. The lowest BCUT2D eigenvalue weighted by Crippen LogP contribution is -2.33. The zero-order valence-corrected chi connectivity index (χ0v) is 15.3. The first-order valence-electron chi connectivity index (χ1n) is 7.96. The van der Waals surface area contributed by atoms with Crippen molar-refractivity contribution in [2.45, 2.75) is 6.10 Å². The van der Waals surface area contributed by atoms with Gasteiger partial charge in [0.05, 0.1) is 17.4 Å². The van der Waals surface area contributed by atoms with Crippen LogP contribution in [-0.4, -0.2) is 74.3 Å². The molecular formula is C17H24N2O5S. The Labute approximate surface area is 148 Å². The quantitative estimate of drug-likeness (QED) is 0.711. The third-order valence-corrected chi connectivity index (χ3v) is 6.11. The van der Waals surface area contributed by atoms with E-state index in [2.05, 4.69) is 6.58 Å². The van der Waals surface area contributed by atoms with Gasteiger partial charge in [0.2, 0.25) is 10.0 Å². The van der Waals surface area contributed by atoms with E-state index < -0.39 is 22.0 Å². The highest BCUT2D eigenvalue weighted by molar-refractivity contribution is 7.89. The maximum Gasteiger partial charge on any atom is 0.257 e. The van der Waals surface area contributed by atoms with Crippen LogP contribution >= 0.6 is 0 Å². The Morgan fingerprint density at radius 3 is 2.72 bits per heavy atom. The zero-order valence-electron chi connectivity index (χ0n) is 14.5. The Bertz CT molecular complexity index is 732. The molecule has 0 bridgehead atoms. The molecule has 1 aromatic carbocycles. The molecule has 138 valence electrons. The molecule has 8 heteroatoms. The smallest absolute Gasteiger partial charge is 0.257 e. The third kappa shape index (κ3) is 4.59. The molecule has 1 fully saturated rings. The van der Waals surface area contributed by atoms with Gasteiger partial charge in [-0.1, -0.05) is 24.8 Å². The Balaban J connectivity index is 2.13. The standard InChI is InChI=1S/C17H24N2O5S/c1-4-9-24-16-8-6-5-7-14(16)17(21)19-10-13(15(20)11-19)12-25(22,23)18(2)3/h4-8,13,15,20H,1,9-12H2,2-3H3/t13-,15+/m0/s1. The number of para-hydroxylation sites is 1. The molecule has 7 nitrogen and oxygen atoms in total. The van der Waals surface area contributed by atoms with Crippen LogP contribution in [0.3, 0.4) is 0 Å². The molecule has 2 atom stereocenters. The number of ether oxygens (including phenoxy) is 1. The first kappa shape index (κ1) is 19.4. The first-order chi connectivity index (χ1) is 11.8. The Hall–Kier alpha value is -1.90. The van der Waals surface area contributed by atoms with E-state index in [-0.39, 0.29) is 31.4 Å². The van der Waals surface area contributed by atoms with Crippen molar-refractivity contribution in [2.24, 2.45) is 5.92 Å². The number of rotatable bonds is 7. The lowest BCUT2D eigenvalue weighted by molar-refractivity contribution is 0.0761. The van der Waals surface area contributed by atoms with Gasteiger partial charge < -0.3 is 14.7 Å². The van der Waals surface area contributed by atoms with Gasteiger partial charge >= 0.3 is 0 Å². The van der Waals surface area contributed by atoms with Crippen molar-refractivity contribution in [3.05, 3.63) is 42.5 Å². The number of amides is 1. The van der Waals surface area contributed by atoms with E-state index in [1.807, 2.05) is 0 Å². The molecule has 1 heterocycles. The fraction of sp³-hybridized carbons (Fsp3) is 0.471. The van der Waals surface area contributed by atoms with Gasteiger partial charge in [-0.2, -0.15) is 0 Å². The SMILES string of the molecule is C=CCOc1ccccc1C(=O)N1C[C@@H](CS(=O)(=O)N(C)C)[C@H](O)C1. The second kappa shape index (κ2) is 7.99. The van der Waals surface area contributed by atoms with Crippen LogP contribution < -0.4 is 4.74 Å². The number of likely N-dealkylation sites (tertiary alicyclic amines) is 1. The van der Waals surface area contributed by atoms with E-state index in [9.17, 15) is 18.3 Å². The lowest BCUT2D eigenvalue weighted by atomic mass is 10.1. The molecular weight excluding hydrogens is 344 g/mol. The Morgan fingerprint density at radius 2 is 2.08 bits per heavy atom. The fourth-order valence-corrected chi connectivity index (χ4v) is 3.86. The number of β-amino-alcohol motifs (C(OH)–C–C–N with tert-alkyl or cyclic N) is 1. The second-order valence-corrected chi connectivity index (χ2v) is 8.42. The number of hydrogen-bond acceptors (Lipinski definition) is 5. The number of nitrogens with zero attached hydrogens (tertiary/aromatic N) is 2. The van der Waals surface area contributed by atoms with Crippen molar-refractivity contribution in [2.75, 3.05) is 39.5 Å². The number of benzene rings is 1. The summed E-state index contributed by atoms with van der Waals surface area (Å²) in [4.78, 5) is 14.2. The van der Waals surface area contributed by atoms with Gasteiger partial charge in [-0.05, 0) is 12.1 Å². The molecule has 0 spiro atoms. The molecule has 25 heavy (non-hydrogen) atoms. The van der Waals surface area contributed by atoms with Crippen LogP contribution in [-0.2, 0) is 10.0 Å². The molecule has 2 rings (SSSR count). The second-order valence-electron chi connectivity index (χ2n) is 6.19. The zero-order chi connectivity index (χ0) is 18.6. The number of carbonyl (C=O) groups is 1. The predicted molar refractivity (Wildman–Crippen MR) is 95.0 cm³/mol. The maximum atomic E-state index is 12.8. The highest BCUT2D eigenvalue weighted by Crippen LogP contribution is 2.25. The summed E-state index contributed by atoms with van der Waals surface area (Å²) in [5.41, 5.74) is 0.382. The molecule has 0 unspecified atom stereocenters. The summed E-state index contributed by atoms with van der Waals surface area (Å²) < 4.78 is 30.7. The summed E-state index contributed by atoms with van der Waals surface area (Å²) in [5, 5.41) is 10.2. The molecule has 1 amide bonds. The molecule has 0 radical (unpaired) electrons. The molecule has 1 aromatic rings. The largest absolute Gasteiger partial charge is 0.489 e. The topological polar surface area (TPSA) is 87.2 Å².